The van der Waals surface area contributed by atoms with Crippen molar-refractivity contribution in [1.82, 2.24) is 0 Å². The van der Waals surface area contributed by atoms with Crippen LogP contribution in [0.5, 0.6) is 0 Å². The number of carbonyl (C=O) groups is 2. The molecule has 1 rings (SSSR count). The molecule has 0 spiro atoms. The molecule has 0 bridgehead atoms. The van der Waals surface area contributed by atoms with Gasteiger partial charge in [0.1, 0.15) is 23.7 Å². The van der Waals surface area contributed by atoms with Crippen LogP contribution >= 0.6 is 0 Å². The summed E-state index contributed by atoms with van der Waals surface area (Å²) in [5, 5.41) is 0. The molecule has 5 heteroatoms. The Morgan fingerprint density at radius 3 is 1.26 bits per heavy atom. The summed E-state index contributed by atoms with van der Waals surface area (Å²) in [6.07, 6.45) is 21.5. The minimum absolute atomic E-state index is 0.153. The van der Waals surface area contributed by atoms with Crippen molar-refractivity contribution in [3.63, 3.8) is 0 Å². The first kappa shape index (κ1) is 27.3. The van der Waals surface area contributed by atoms with E-state index >= 15 is 0 Å². The molecular formula is C26H44O5. The van der Waals surface area contributed by atoms with Crippen LogP contribution in [0.25, 0.3) is 0 Å². The topological polar surface area (TPSA) is 65.7 Å². The Kier molecular flexibility index (Phi) is 16.7. The number of carbonyl (C=O) groups excluding carboxylic acids is 2. The van der Waals surface area contributed by atoms with E-state index in [2.05, 4.69) is 13.8 Å². The standard InChI is InChI=1S/C26H44O5/c1-3-5-7-9-11-13-15-17-19-30-25(27)23-21-29-22-24(23)26(28)31-20-18-16-14-12-10-8-6-4-2/h21-22H,3-20H2,1-2H3. The number of ether oxygens (including phenoxy) is 2. The zero-order valence-electron chi connectivity index (χ0n) is 19.9. The van der Waals surface area contributed by atoms with E-state index in [4.69, 9.17) is 13.9 Å². The molecular weight excluding hydrogens is 392 g/mol. The summed E-state index contributed by atoms with van der Waals surface area (Å²) in [5.41, 5.74) is 0.306. The maximum absolute atomic E-state index is 12.3. The van der Waals surface area contributed by atoms with Gasteiger partial charge >= 0.3 is 11.9 Å². The highest BCUT2D eigenvalue weighted by molar-refractivity contribution is 6.02. The van der Waals surface area contributed by atoms with Gasteiger partial charge in [0.2, 0.25) is 0 Å². The van der Waals surface area contributed by atoms with Gasteiger partial charge in [-0.3, -0.25) is 0 Å². The van der Waals surface area contributed by atoms with E-state index < -0.39 is 11.9 Å². The predicted octanol–water partition coefficient (Wildman–Crippen LogP) is 7.87. The van der Waals surface area contributed by atoms with Crippen LogP contribution in [0.1, 0.15) is 137 Å². The minimum atomic E-state index is -0.518. The first-order chi connectivity index (χ1) is 15.2. The predicted molar refractivity (Wildman–Crippen MR) is 124 cm³/mol. The molecule has 0 amide bonds. The number of furan rings is 1. The van der Waals surface area contributed by atoms with E-state index in [1.807, 2.05) is 0 Å². The average Bonchev–Trinajstić information content (AvgIpc) is 3.27. The lowest BCUT2D eigenvalue weighted by atomic mass is 10.1. The molecule has 0 saturated carbocycles. The average molecular weight is 437 g/mol. The van der Waals surface area contributed by atoms with Gasteiger partial charge < -0.3 is 13.9 Å². The fourth-order valence-corrected chi connectivity index (χ4v) is 3.57. The second kappa shape index (κ2) is 18.9. The minimum Gasteiger partial charge on any atom is -0.471 e. The van der Waals surface area contributed by atoms with Gasteiger partial charge in [-0.15, -0.1) is 0 Å². The first-order valence-corrected chi connectivity index (χ1v) is 12.6. The molecule has 0 unspecified atom stereocenters. The fourth-order valence-electron chi connectivity index (χ4n) is 3.57. The second-order valence-electron chi connectivity index (χ2n) is 8.42. The van der Waals surface area contributed by atoms with Gasteiger partial charge in [-0.25, -0.2) is 9.59 Å². The van der Waals surface area contributed by atoms with E-state index in [9.17, 15) is 9.59 Å². The van der Waals surface area contributed by atoms with Crippen molar-refractivity contribution in [3.05, 3.63) is 23.7 Å². The van der Waals surface area contributed by atoms with Crippen LogP contribution in [0, 0.1) is 0 Å². The van der Waals surface area contributed by atoms with E-state index in [-0.39, 0.29) is 11.1 Å². The number of esters is 2. The van der Waals surface area contributed by atoms with Gasteiger partial charge in [0, 0.05) is 0 Å². The van der Waals surface area contributed by atoms with Crippen LogP contribution in [0.15, 0.2) is 16.9 Å². The number of hydrogen-bond donors (Lipinski definition) is 0. The molecule has 5 nitrogen and oxygen atoms in total. The molecule has 1 aromatic heterocycles. The summed E-state index contributed by atoms with van der Waals surface area (Å²) < 4.78 is 15.7. The Bertz CT molecular complexity index is 530. The van der Waals surface area contributed by atoms with Crippen molar-refractivity contribution in [3.8, 4) is 0 Å². The summed E-state index contributed by atoms with van der Waals surface area (Å²) in [4.78, 5) is 24.5. The summed E-state index contributed by atoms with van der Waals surface area (Å²) in [7, 11) is 0. The number of hydrogen-bond acceptors (Lipinski definition) is 5. The fraction of sp³-hybridized carbons (Fsp3) is 0.769. The molecule has 178 valence electrons. The molecule has 0 atom stereocenters. The Hall–Kier alpha value is -1.78. The van der Waals surface area contributed by atoms with Crippen molar-refractivity contribution in [1.29, 1.82) is 0 Å². The van der Waals surface area contributed by atoms with Gasteiger partial charge in [0.05, 0.1) is 13.2 Å². The van der Waals surface area contributed by atoms with Crippen molar-refractivity contribution >= 4 is 11.9 Å². The summed E-state index contributed by atoms with van der Waals surface area (Å²) in [5.74, 6) is -1.04. The lowest BCUT2D eigenvalue weighted by molar-refractivity contribution is 0.0452. The van der Waals surface area contributed by atoms with Crippen LogP contribution in [-0.2, 0) is 9.47 Å². The lowest BCUT2D eigenvalue weighted by Crippen LogP contribution is -2.13. The zero-order valence-corrected chi connectivity index (χ0v) is 19.9. The molecule has 0 aliphatic carbocycles. The smallest absolute Gasteiger partial charge is 0.342 e. The second-order valence-corrected chi connectivity index (χ2v) is 8.42. The molecule has 0 aromatic carbocycles. The monoisotopic (exact) mass is 436 g/mol. The van der Waals surface area contributed by atoms with Crippen LogP contribution in [0.3, 0.4) is 0 Å². The number of unbranched alkanes of at least 4 members (excludes halogenated alkanes) is 14. The third-order valence-corrected chi connectivity index (χ3v) is 5.56. The highest BCUT2D eigenvalue weighted by atomic mass is 16.5. The quantitative estimate of drug-likeness (QED) is 0.154. The van der Waals surface area contributed by atoms with Gasteiger partial charge in [0.25, 0.3) is 0 Å². The third kappa shape index (κ3) is 13.3. The Morgan fingerprint density at radius 1 is 0.581 bits per heavy atom. The molecule has 0 aliphatic heterocycles. The normalized spacial score (nSPS) is 10.9. The molecule has 0 aliphatic rings. The highest BCUT2D eigenvalue weighted by Crippen LogP contribution is 2.15. The van der Waals surface area contributed by atoms with Gasteiger partial charge in [-0.05, 0) is 12.8 Å². The van der Waals surface area contributed by atoms with Crippen molar-refractivity contribution in [2.45, 2.75) is 117 Å². The van der Waals surface area contributed by atoms with E-state index in [0.29, 0.717) is 13.2 Å². The molecule has 31 heavy (non-hydrogen) atoms. The van der Waals surface area contributed by atoms with E-state index in [1.54, 1.807) is 0 Å². The maximum atomic E-state index is 12.3. The Morgan fingerprint density at radius 2 is 0.903 bits per heavy atom. The van der Waals surface area contributed by atoms with Gasteiger partial charge in [-0.1, -0.05) is 104 Å². The molecule has 0 radical (unpaired) electrons. The SMILES string of the molecule is CCCCCCCCCCOC(=O)c1cocc1C(=O)OCCCCCCCCCC. The van der Waals surface area contributed by atoms with Crippen LogP contribution in [0.4, 0.5) is 0 Å². The number of rotatable bonds is 20. The largest absolute Gasteiger partial charge is 0.471 e. The molecule has 1 aromatic rings. The Balaban J connectivity index is 2.15. The van der Waals surface area contributed by atoms with E-state index in [0.717, 1.165) is 25.7 Å². The van der Waals surface area contributed by atoms with Crippen molar-refractivity contribution in [2.24, 2.45) is 0 Å². The highest BCUT2D eigenvalue weighted by Gasteiger charge is 2.22. The first-order valence-electron chi connectivity index (χ1n) is 12.6. The summed E-state index contributed by atoms with van der Waals surface area (Å²) in [6, 6.07) is 0. The summed E-state index contributed by atoms with van der Waals surface area (Å²) >= 11 is 0. The molecule has 0 fully saturated rings. The van der Waals surface area contributed by atoms with E-state index in [1.165, 1.54) is 89.6 Å². The molecule has 1 heterocycles. The Labute approximate surface area is 189 Å². The zero-order chi connectivity index (χ0) is 22.6. The van der Waals surface area contributed by atoms with Crippen LogP contribution < -0.4 is 0 Å². The van der Waals surface area contributed by atoms with Crippen LogP contribution in [0.2, 0.25) is 0 Å². The summed E-state index contributed by atoms with van der Waals surface area (Å²) in [6.45, 7) is 5.17. The lowest BCUT2D eigenvalue weighted by Gasteiger charge is -2.06. The third-order valence-electron chi connectivity index (χ3n) is 5.56. The molecule has 0 N–H and O–H groups in total. The van der Waals surface area contributed by atoms with Gasteiger partial charge in [-0.2, -0.15) is 0 Å². The maximum Gasteiger partial charge on any atom is 0.342 e. The van der Waals surface area contributed by atoms with Gasteiger partial charge in [0.15, 0.2) is 0 Å². The van der Waals surface area contributed by atoms with Crippen LogP contribution in [-0.4, -0.2) is 25.2 Å². The molecule has 0 saturated heterocycles. The van der Waals surface area contributed by atoms with Crippen molar-refractivity contribution in [2.75, 3.05) is 13.2 Å². The van der Waals surface area contributed by atoms with Crippen molar-refractivity contribution < 1.29 is 23.5 Å².